The number of aromatic nitrogens is 2. The summed E-state index contributed by atoms with van der Waals surface area (Å²) < 4.78 is 5.12. The standard InChI is InChI=1S/C21H21ClN4O2/c1-28-18-8-4-16(5-9-18)12-26-21(27)19-13-25-20(14-24-19)23-11-10-15-2-6-17(22)7-3-15/h2-9,13-14H,10-12H2,1H3,(H,23,25)(H,26,27). The molecule has 0 aliphatic carbocycles. The molecule has 6 nitrogen and oxygen atoms in total. The number of benzene rings is 2. The van der Waals surface area contributed by atoms with E-state index in [1.807, 2.05) is 48.5 Å². The summed E-state index contributed by atoms with van der Waals surface area (Å²) in [7, 11) is 1.62. The van der Waals surface area contributed by atoms with Crippen LogP contribution in [0.15, 0.2) is 60.9 Å². The second-order valence-electron chi connectivity index (χ2n) is 6.12. The maximum Gasteiger partial charge on any atom is 0.271 e. The summed E-state index contributed by atoms with van der Waals surface area (Å²) in [5, 5.41) is 6.75. The number of hydrogen-bond donors (Lipinski definition) is 2. The number of hydrogen-bond acceptors (Lipinski definition) is 5. The van der Waals surface area contributed by atoms with Crippen LogP contribution in [-0.2, 0) is 13.0 Å². The molecule has 1 amide bonds. The van der Waals surface area contributed by atoms with E-state index in [1.54, 1.807) is 13.3 Å². The van der Waals surface area contributed by atoms with Crippen LogP contribution in [0, 0.1) is 0 Å². The average Bonchev–Trinajstić information content (AvgIpc) is 2.74. The van der Waals surface area contributed by atoms with E-state index in [-0.39, 0.29) is 11.6 Å². The van der Waals surface area contributed by atoms with Crippen LogP contribution in [0.2, 0.25) is 5.02 Å². The van der Waals surface area contributed by atoms with E-state index >= 15 is 0 Å². The van der Waals surface area contributed by atoms with Crippen LogP contribution in [0.3, 0.4) is 0 Å². The molecular formula is C21H21ClN4O2. The molecular weight excluding hydrogens is 376 g/mol. The summed E-state index contributed by atoms with van der Waals surface area (Å²) in [6.45, 7) is 1.12. The first-order chi connectivity index (χ1) is 13.6. The molecule has 0 fully saturated rings. The number of methoxy groups -OCH3 is 1. The molecule has 0 aliphatic heterocycles. The third-order valence-corrected chi connectivity index (χ3v) is 4.38. The Hall–Kier alpha value is -3.12. The molecule has 1 heterocycles. The minimum Gasteiger partial charge on any atom is -0.497 e. The lowest BCUT2D eigenvalue weighted by atomic mass is 10.1. The zero-order chi connectivity index (χ0) is 19.8. The predicted octanol–water partition coefficient (Wildman–Crippen LogP) is 3.72. The van der Waals surface area contributed by atoms with Gasteiger partial charge in [-0.25, -0.2) is 9.97 Å². The van der Waals surface area contributed by atoms with E-state index in [2.05, 4.69) is 20.6 Å². The summed E-state index contributed by atoms with van der Waals surface area (Å²) in [6, 6.07) is 15.2. The summed E-state index contributed by atoms with van der Waals surface area (Å²) in [6.07, 6.45) is 3.86. The van der Waals surface area contributed by atoms with Crippen molar-refractivity contribution in [1.29, 1.82) is 0 Å². The van der Waals surface area contributed by atoms with Gasteiger partial charge in [-0.1, -0.05) is 35.9 Å². The minimum atomic E-state index is -0.268. The van der Waals surface area contributed by atoms with Gasteiger partial charge in [0.15, 0.2) is 0 Å². The average molecular weight is 397 g/mol. The Bertz CT molecular complexity index is 897. The molecule has 0 spiro atoms. The lowest BCUT2D eigenvalue weighted by Crippen LogP contribution is -2.24. The number of halogens is 1. The maximum atomic E-state index is 12.2. The zero-order valence-corrected chi connectivity index (χ0v) is 16.2. The first kappa shape index (κ1) is 19.6. The monoisotopic (exact) mass is 396 g/mol. The molecule has 144 valence electrons. The van der Waals surface area contributed by atoms with Gasteiger partial charge in [0.2, 0.25) is 0 Å². The van der Waals surface area contributed by atoms with Crippen LogP contribution in [0.1, 0.15) is 21.6 Å². The van der Waals surface area contributed by atoms with Crippen molar-refractivity contribution in [2.45, 2.75) is 13.0 Å². The Morgan fingerprint density at radius 3 is 2.36 bits per heavy atom. The molecule has 0 bridgehead atoms. The van der Waals surface area contributed by atoms with E-state index in [0.717, 1.165) is 22.8 Å². The number of anilines is 1. The highest BCUT2D eigenvalue weighted by molar-refractivity contribution is 6.30. The van der Waals surface area contributed by atoms with Crippen LogP contribution in [-0.4, -0.2) is 29.5 Å². The van der Waals surface area contributed by atoms with Crippen LogP contribution in [0.4, 0.5) is 5.82 Å². The summed E-state index contributed by atoms with van der Waals surface area (Å²) in [5.74, 6) is 1.14. The Morgan fingerprint density at radius 1 is 1.00 bits per heavy atom. The number of nitrogens with one attached hydrogen (secondary N) is 2. The summed E-state index contributed by atoms with van der Waals surface area (Å²) >= 11 is 5.88. The first-order valence-corrected chi connectivity index (χ1v) is 9.23. The minimum absolute atomic E-state index is 0.268. The number of nitrogens with zero attached hydrogens (tertiary/aromatic N) is 2. The van der Waals surface area contributed by atoms with Crippen LogP contribution >= 0.6 is 11.6 Å². The molecule has 0 saturated carbocycles. The molecule has 0 radical (unpaired) electrons. The maximum absolute atomic E-state index is 12.2. The van der Waals surface area contributed by atoms with Gasteiger partial charge in [-0.15, -0.1) is 0 Å². The fraction of sp³-hybridized carbons (Fsp3) is 0.190. The van der Waals surface area contributed by atoms with Crippen molar-refractivity contribution in [3.8, 4) is 5.75 Å². The first-order valence-electron chi connectivity index (χ1n) is 8.85. The molecule has 2 N–H and O–H groups in total. The quantitative estimate of drug-likeness (QED) is 0.606. The highest BCUT2D eigenvalue weighted by Crippen LogP contribution is 2.12. The predicted molar refractivity (Wildman–Crippen MR) is 110 cm³/mol. The summed E-state index contributed by atoms with van der Waals surface area (Å²) in [5.41, 5.74) is 2.43. The van der Waals surface area contributed by atoms with Gasteiger partial charge in [0.25, 0.3) is 5.91 Å². The molecule has 3 aromatic rings. The lowest BCUT2D eigenvalue weighted by molar-refractivity contribution is 0.0945. The second kappa shape index (κ2) is 9.71. The second-order valence-corrected chi connectivity index (χ2v) is 6.56. The van der Waals surface area contributed by atoms with Gasteiger partial charge >= 0.3 is 0 Å². The number of amides is 1. The van der Waals surface area contributed by atoms with E-state index in [1.165, 1.54) is 11.8 Å². The van der Waals surface area contributed by atoms with Crippen LogP contribution < -0.4 is 15.4 Å². The molecule has 0 saturated heterocycles. The Balaban J connectivity index is 1.46. The molecule has 0 unspecified atom stereocenters. The van der Waals surface area contributed by atoms with Crippen molar-refractivity contribution in [1.82, 2.24) is 15.3 Å². The van der Waals surface area contributed by atoms with Gasteiger partial charge in [0.05, 0.1) is 19.5 Å². The van der Waals surface area contributed by atoms with E-state index < -0.39 is 0 Å². The Kier molecular flexibility index (Phi) is 6.81. The molecule has 0 aliphatic rings. The van der Waals surface area contributed by atoms with Crippen LogP contribution in [0.5, 0.6) is 5.75 Å². The highest BCUT2D eigenvalue weighted by atomic mass is 35.5. The third kappa shape index (κ3) is 5.69. The number of carbonyl (C=O) groups is 1. The fourth-order valence-corrected chi connectivity index (χ4v) is 2.66. The van der Waals surface area contributed by atoms with Crippen LogP contribution in [0.25, 0.3) is 0 Å². The fourth-order valence-electron chi connectivity index (χ4n) is 2.54. The molecule has 28 heavy (non-hydrogen) atoms. The topological polar surface area (TPSA) is 76.1 Å². The van der Waals surface area contributed by atoms with Crippen molar-refractivity contribution in [2.75, 3.05) is 19.0 Å². The number of rotatable bonds is 8. The molecule has 3 rings (SSSR count). The molecule has 0 atom stereocenters. The molecule has 2 aromatic carbocycles. The van der Waals surface area contributed by atoms with Crippen molar-refractivity contribution < 1.29 is 9.53 Å². The number of ether oxygens (including phenoxy) is 1. The van der Waals surface area contributed by atoms with E-state index in [9.17, 15) is 4.79 Å². The Morgan fingerprint density at radius 2 is 1.71 bits per heavy atom. The third-order valence-electron chi connectivity index (χ3n) is 4.13. The van der Waals surface area contributed by atoms with Crippen molar-refractivity contribution in [2.24, 2.45) is 0 Å². The van der Waals surface area contributed by atoms with Gasteiger partial charge in [-0.2, -0.15) is 0 Å². The SMILES string of the molecule is COc1ccc(CNC(=O)c2cnc(NCCc3ccc(Cl)cc3)cn2)cc1. The van der Waals surface area contributed by atoms with Crippen molar-refractivity contribution in [3.63, 3.8) is 0 Å². The van der Waals surface area contributed by atoms with Crippen molar-refractivity contribution in [3.05, 3.63) is 82.8 Å². The van der Waals surface area contributed by atoms with Gasteiger partial charge in [-0.3, -0.25) is 4.79 Å². The molecule has 1 aromatic heterocycles. The summed E-state index contributed by atoms with van der Waals surface area (Å²) in [4.78, 5) is 20.6. The smallest absolute Gasteiger partial charge is 0.271 e. The lowest BCUT2D eigenvalue weighted by Gasteiger charge is -2.08. The van der Waals surface area contributed by atoms with Gasteiger partial charge in [-0.05, 0) is 41.8 Å². The van der Waals surface area contributed by atoms with Gasteiger partial charge in [0.1, 0.15) is 17.3 Å². The zero-order valence-electron chi connectivity index (χ0n) is 15.5. The van der Waals surface area contributed by atoms with Gasteiger partial charge < -0.3 is 15.4 Å². The Labute approximate surface area is 168 Å². The van der Waals surface area contributed by atoms with E-state index in [4.69, 9.17) is 16.3 Å². The normalized spacial score (nSPS) is 10.4. The van der Waals surface area contributed by atoms with E-state index in [0.29, 0.717) is 18.9 Å². The molecule has 7 heteroatoms. The largest absolute Gasteiger partial charge is 0.497 e. The van der Waals surface area contributed by atoms with Crippen molar-refractivity contribution >= 4 is 23.3 Å². The number of carbonyl (C=O) groups excluding carboxylic acids is 1. The highest BCUT2D eigenvalue weighted by Gasteiger charge is 2.08. The van der Waals surface area contributed by atoms with Gasteiger partial charge in [0, 0.05) is 18.1 Å².